The zero-order chi connectivity index (χ0) is 24.6. The van der Waals surface area contributed by atoms with Crippen molar-refractivity contribution in [2.45, 2.75) is 36.6 Å². The summed E-state index contributed by atoms with van der Waals surface area (Å²) in [5.74, 6) is -0.0709. The summed E-state index contributed by atoms with van der Waals surface area (Å²) < 4.78 is 12.3. The highest BCUT2D eigenvalue weighted by Crippen LogP contribution is 2.69. The summed E-state index contributed by atoms with van der Waals surface area (Å²) in [4.78, 5) is 4.24. The van der Waals surface area contributed by atoms with E-state index in [1.165, 1.54) is 13.3 Å². The predicted octanol–water partition coefficient (Wildman–Crippen LogP) is 3.21. The molecule has 35 heavy (non-hydrogen) atoms. The summed E-state index contributed by atoms with van der Waals surface area (Å²) in [6, 6.07) is 19.0. The first-order chi connectivity index (χ1) is 17.0. The third-order valence-electron chi connectivity index (χ3n) is 7.42. The summed E-state index contributed by atoms with van der Waals surface area (Å²) in [6.45, 7) is 3.36. The fraction of sp³-hybridized carbons (Fsp3) is 0.357. The number of benzene rings is 2. The second-order valence-electron chi connectivity index (χ2n) is 9.21. The number of nitriles is 1. The lowest BCUT2D eigenvalue weighted by molar-refractivity contribution is -0.152. The number of fused-ring (bicyclic) bond motifs is 3. The Kier molecular flexibility index (Phi) is 5.97. The number of aliphatic hydroxyl groups excluding tert-OH is 1. The average molecular weight is 472 g/mol. The number of aliphatic hydroxyl groups is 2. The Hall–Kier alpha value is -3.44. The lowest BCUT2D eigenvalue weighted by atomic mass is 9.70. The standard InChI is InChI=1S/C28H29N3O4/c1-3-13-30-15-21-24(19-7-5-4-6-8-19)28(20-11-9-18(14-29)10-12-20)27(33,26(21)32)25-22(34-2)16-31-17-23(25)35-28/h4-12,16-17,21,24,26,30,32-33H,3,13,15H2,1-2H3/t21-,24?,26-,27?,28?/m1/s1. The summed E-state index contributed by atoms with van der Waals surface area (Å²) in [7, 11) is 1.51. The molecule has 1 aliphatic carbocycles. The molecule has 2 heterocycles. The quantitative estimate of drug-likeness (QED) is 0.454. The summed E-state index contributed by atoms with van der Waals surface area (Å²) in [6.07, 6.45) is 2.86. The van der Waals surface area contributed by atoms with Crippen LogP contribution in [0.15, 0.2) is 67.0 Å². The van der Waals surface area contributed by atoms with Crippen LogP contribution in [-0.4, -0.2) is 41.5 Å². The fourth-order valence-corrected chi connectivity index (χ4v) is 6.00. The van der Waals surface area contributed by atoms with Gasteiger partial charge in [-0.05, 0) is 36.2 Å². The first kappa shape index (κ1) is 23.3. The van der Waals surface area contributed by atoms with Crippen LogP contribution in [0, 0.1) is 17.2 Å². The van der Waals surface area contributed by atoms with Crippen molar-refractivity contribution < 1.29 is 19.7 Å². The smallest absolute Gasteiger partial charge is 0.177 e. The van der Waals surface area contributed by atoms with Crippen molar-refractivity contribution in [3.05, 3.63) is 89.2 Å². The van der Waals surface area contributed by atoms with Gasteiger partial charge in [-0.3, -0.25) is 4.98 Å². The lowest BCUT2D eigenvalue weighted by Crippen LogP contribution is -2.52. The minimum absolute atomic E-state index is 0.355. The van der Waals surface area contributed by atoms with Gasteiger partial charge in [0.2, 0.25) is 0 Å². The molecule has 3 N–H and O–H groups in total. The van der Waals surface area contributed by atoms with Crippen LogP contribution in [0.2, 0.25) is 0 Å². The molecule has 7 nitrogen and oxygen atoms in total. The third kappa shape index (κ3) is 3.25. The zero-order valence-corrected chi connectivity index (χ0v) is 19.8. The Balaban J connectivity index is 1.80. The fourth-order valence-electron chi connectivity index (χ4n) is 6.00. The normalized spacial score (nSPS) is 28.6. The molecule has 1 saturated carbocycles. The first-order valence-corrected chi connectivity index (χ1v) is 11.9. The molecule has 180 valence electrons. The number of aromatic nitrogens is 1. The predicted molar refractivity (Wildman–Crippen MR) is 130 cm³/mol. The van der Waals surface area contributed by atoms with E-state index in [0.717, 1.165) is 18.5 Å². The van der Waals surface area contributed by atoms with Gasteiger partial charge in [0, 0.05) is 18.4 Å². The topological polar surface area (TPSA) is 108 Å². The maximum Gasteiger partial charge on any atom is 0.177 e. The van der Waals surface area contributed by atoms with Gasteiger partial charge in [0.05, 0.1) is 42.8 Å². The van der Waals surface area contributed by atoms with Crippen LogP contribution in [0.25, 0.3) is 0 Å². The maximum absolute atomic E-state index is 12.7. The zero-order valence-electron chi connectivity index (χ0n) is 19.8. The van der Waals surface area contributed by atoms with Crippen molar-refractivity contribution in [3.63, 3.8) is 0 Å². The number of ether oxygens (including phenoxy) is 2. The SMILES string of the molecule is CCCNC[C@@H]1C(c2ccccc2)C2(c3ccc(C#N)cc3)Oc3cncc(OC)c3C2(O)[C@@H]1O. The monoisotopic (exact) mass is 471 g/mol. The number of hydrogen-bond acceptors (Lipinski definition) is 7. The number of nitrogens with one attached hydrogen (secondary N) is 1. The highest BCUT2D eigenvalue weighted by molar-refractivity contribution is 5.59. The van der Waals surface area contributed by atoms with Crippen LogP contribution in [0.1, 0.15) is 41.5 Å². The van der Waals surface area contributed by atoms with Crippen molar-refractivity contribution in [2.24, 2.45) is 5.92 Å². The molecule has 0 spiro atoms. The van der Waals surface area contributed by atoms with Crippen LogP contribution < -0.4 is 14.8 Å². The number of rotatable bonds is 7. The van der Waals surface area contributed by atoms with Crippen molar-refractivity contribution >= 4 is 0 Å². The third-order valence-corrected chi connectivity index (χ3v) is 7.42. The van der Waals surface area contributed by atoms with E-state index in [9.17, 15) is 15.5 Å². The lowest BCUT2D eigenvalue weighted by Gasteiger charge is -2.41. The summed E-state index contributed by atoms with van der Waals surface area (Å²) >= 11 is 0. The largest absolute Gasteiger partial charge is 0.495 e. The van der Waals surface area contributed by atoms with Crippen LogP contribution in [-0.2, 0) is 11.2 Å². The van der Waals surface area contributed by atoms with E-state index in [2.05, 4.69) is 23.3 Å². The van der Waals surface area contributed by atoms with Gasteiger partial charge in [-0.2, -0.15) is 5.26 Å². The van der Waals surface area contributed by atoms with E-state index in [4.69, 9.17) is 9.47 Å². The van der Waals surface area contributed by atoms with Crippen LogP contribution in [0.4, 0.5) is 0 Å². The average Bonchev–Trinajstić information content (AvgIpc) is 3.28. The van der Waals surface area contributed by atoms with Gasteiger partial charge >= 0.3 is 0 Å². The molecule has 1 aliphatic heterocycles. The Morgan fingerprint density at radius 3 is 2.54 bits per heavy atom. The van der Waals surface area contributed by atoms with E-state index < -0.39 is 23.2 Å². The highest BCUT2D eigenvalue weighted by atomic mass is 16.5. The van der Waals surface area contributed by atoms with Crippen LogP contribution in [0.3, 0.4) is 0 Å². The highest BCUT2D eigenvalue weighted by Gasteiger charge is 2.76. The van der Waals surface area contributed by atoms with Gasteiger partial charge in [0.1, 0.15) is 11.5 Å². The van der Waals surface area contributed by atoms with Crippen molar-refractivity contribution in [3.8, 4) is 17.6 Å². The van der Waals surface area contributed by atoms with Gasteiger partial charge < -0.3 is 25.0 Å². The molecule has 3 aromatic rings. The number of hydrogen-bond donors (Lipinski definition) is 3. The molecule has 3 unspecified atom stereocenters. The first-order valence-electron chi connectivity index (χ1n) is 11.9. The molecular formula is C28H29N3O4. The van der Waals surface area contributed by atoms with Crippen LogP contribution >= 0.6 is 0 Å². The molecule has 1 fully saturated rings. The van der Waals surface area contributed by atoms with E-state index in [-0.39, 0.29) is 5.92 Å². The molecule has 0 saturated heterocycles. The van der Waals surface area contributed by atoms with Gasteiger partial charge in [0.25, 0.3) is 0 Å². The maximum atomic E-state index is 12.7. The Labute approximate surface area is 205 Å². The van der Waals surface area contributed by atoms with E-state index in [1.807, 2.05) is 30.3 Å². The van der Waals surface area contributed by atoms with Gasteiger partial charge in [0.15, 0.2) is 11.2 Å². The molecular weight excluding hydrogens is 442 g/mol. The molecule has 0 bridgehead atoms. The Bertz CT molecular complexity index is 1240. The molecule has 7 heteroatoms. The number of pyridine rings is 1. The summed E-state index contributed by atoms with van der Waals surface area (Å²) in [5, 5.41) is 37.4. The van der Waals surface area contributed by atoms with Crippen LogP contribution in [0.5, 0.6) is 11.5 Å². The number of methoxy groups -OCH3 is 1. The molecule has 0 amide bonds. The number of nitrogens with zero attached hydrogens (tertiary/aromatic N) is 2. The van der Waals surface area contributed by atoms with Crippen molar-refractivity contribution in [2.75, 3.05) is 20.2 Å². The van der Waals surface area contributed by atoms with Crippen molar-refractivity contribution in [1.82, 2.24) is 10.3 Å². The Morgan fingerprint density at radius 1 is 1.14 bits per heavy atom. The van der Waals surface area contributed by atoms with Gasteiger partial charge in [-0.15, -0.1) is 0 Å². The molecule has 1 aromatic heterocycles. The molecule has 5 rings (SSSR count). The molecule has 0 radical (unpaired) electrons. The molecule has 5 atom stereocenters. The van der Waals surface area contributed by atoms with E-state index in [0.29, 0.717) is 34.7 Å². The van der Waals surface area contributed by atoms with E-state index in [1.54, 1.807) is 30.5 Å². The molecule has 2 aromatic carbocycles. The second kappa shape index (κ2) is 8.97. The van der Waals surface area contributed by atoms with E-state index >= 15 is 0 Å². The summed E-state index contributed by atoms with van der Waals surface area (Å²) in [5.41, 5.74) is -0.703. The molecule has 2 aliphatic rings. The van der Waals surface area contributed by atoms with Crippen molar-refractivity contribution in [1.29, 1.82) is 5.26 Å². The van der Waals surface area contributed by atoms with Gasteiger partial charge in [-0.25, -0.2) is 0 Å². The second-order valence-corrected chi connectivity index (χ2v) is 9.21. The minimum Gasteiger partial charge on any atom is -0.495 e. The van der Waals surface area contributed by atoms with Gasteiger partial charge in [-0.1, -0.05) is 49.4 Å². The minimum atomic E-state index is -1.83. The Morgan fingerprint density at radius 2 is 1.89 bits per heavy atom.